The largest absolute Gasteiger partial charge is 0.476 e. The molecule has 28 heavy (non-hydrogen) atoms. The fourth-order valence-corrected chi connectivity index (χ4v) is 4.29. The summed E-state index contributed by atoms with van der Waals surface area (Å²) in [5, 5.41) is 3.32. The first-order valence-corrected chi connectivity index (χ1v) is 11.1. The molecule has 1 N–H and O–H groups in total. The second-order valence-corrected chi connectivity index (χ2v) is 9.54. The van der Waals surface area contributed by atoms with Crippen molar-refractivity contribution in [2.75, 3.05) is 22.4 Å². The van der Waals surface area contributed by atoms with Crippen molar-refractivity contribution in [3.8, 4) is 5.75 Å². The number of anilines is 2. The van der Waals surface area contributed by atoms with Crippen molar-refractivity contribution in [2.45, 2.75) is 32.8 Å². The van der Waals surface area contributed by atoms with Crippen molar-refractivity contribution in [1.29, 1.82) is 0 Å². The van der Waals surface area contributed by atoms with E-state index < -0.39 is 22.0 Å². The van der Waals surface area contributed by atoms with E-state index in [1.165, 1.54) is 6.07 Å². The van der Waals surface area contributed by atoms with E-state index in [1.807, 2.05) is 39.0 Å². The number of halogens is 1. The molecule has 0 bridgehead atoms. The van der Waals surface area contributed by atoms with Gasteiger partial charge in [-0.25, -0.2) is 8.42 Å². The molecule has 150 valence electrons. The van der Waals surface area contributed by atoms with Crippen LogP contribution in [0.2, 0.25) is 5.02 Å². The van der Waals surface area contributed by atoms with Gasteiger partial charge < -0.3 is 10.1 Å². The number of hydrogen-bond acceptors (Lipinski definition) is 4. The number of fused-ring (bicyclic) bond motifs is 1. The molecular formula is C20H23ClN2O4S. The molecule has 0 radical (unpaired) electrons. The van der Waals surface area contributed by atoms with Gasteiger partial charge in [0.05, 0.1) is 18.5 Å². The Kier molecular flexibility index (Phi) is 5.59. The number of aryl methyl sites for hydroxylation is 1. The van der Waals surface area contributed by atoms with Gasteiger partial charge in [0.2, 0.25) is 10.0 Å². The van der Waals surface area contributed by atoms with E-state index in [4.69, 9.17) is 16.3 Å². The third-order valence-corrected chi connectivity index (χ3v) is 6.04. The molecule has 3 rings (SSSR count). The molecule has 0 saturated heterocycles. The lowest BCUT2D eigenvalue weighted by Gasteiger charge is -2.34. The van der Waals surface area contributed by atoms with Crippen LogP contribution in [0.1, 0.15) is 30.9 Å². The quantitative estimate of drug-likeness (QED) is 0.809. The minimum absolute atomic E-state index is 0.124. The zero-order valence-electron chi connectivity index (χ0n) is 16.2. The zero-order chi connectivity index (χ0) is 20.6. The number of hydrogen-bond donors (Lipinski definition) is 1. The normalized spacial score (nSPS) is 16.5. The molecule has 1 atom stereocenters. The Morgan fingerprint density at radius 3 is 2.64 bits per heavy atom. The average molecular weight is 423 g/mol. The summed E-state index contributed by atoms with van der Waals surface area (Å²) in [6.45, 7) is 5.89. The first-order chi connectivity index (χ1) is 13.1. The van der Waals surface area contributed by atoms with Crippen molar-refractivity contribution in [3.63, 3.8) is 0 Å². The fourth-order valence-electron chi connectivity index (χ4n) is 3.22. The van der Waals surface area contributed by atoms with E-state index in [1.54, 1.807) is 12.1 Å². The molecule has 2 aromatic rings. The molecular weight excluding hydrogens is 400 g/mol. The predicted octanol–water partition coefficient (Wildman–Crippen LogP) is 3.94. The van der Waals surface area contributed by atoms with Crippen LogP contribution in [0.3, 0.4) is 0 Å². The van der Waals surface area contributed by atoms with E-state index in [0.29, 0.717) is 16.5 Å². The highest BCUT2D eigenvalue weighted by Crippen LogP contribution is 2.37. The SMILES string of the molecule is Cc1cccc(C(C)C)c1NC(=O)[C@@H]1CN(S(C)(=O)=O)c2cc(Cl)ccc2O1. The molecule has 1 amide bonds. The summed E-state index contributed by atoms with van der Waals surface area (Å²) in [7, 11) is -3.61. The maximum atomic E-state index is 13.0. The van der Waals surface area contributed by atoms with Crippen LogP contribution in [0.5, 0.6) is 5.75 Å². The summed E-state index contributed by atoms with van der Waals surface area (Å²) in [5.74, 6) is 0.124. The Balaban J connectivity index is 1.93. The van der Waals surface area contributed by atoms with Gasteiger partial charge in [-0.2, -0.15) is 0 Å². The Morgan fingerprint density at radius 1 is 1.29 bits per heavy atom. The van der Waals surface area contributed by atoms with E-state index in [2.05, 4.69) is 5.32 Å². The highest BCUT2D eigenvalue weighted by molar-refractivity contribution is 7.92. The van der Waals surface area contributed by atoms with Crippen molar-refractivity contribution in [1.82, 2.24) is 0 Å². The molecule has 1 heterocycles. The third kappa shape index (κ3) is 4.10. The van der Waals surface area contributed by atoms with Crippen LogP contribution >= 0.6 is 11.6 Å². The topological polar surface area (TPSA) is 75.7 Å². The van der Waals surface area contributed by atoms with E-state index >= 15 is 0 Å². The maximum absolute atomic E-state index is 13.0. The molecule has 8 heteroatoms. The Morgan fingerprint density at radius 2 is 2.00 bits per heavy atom. The third-order valence-electron chi connectivity index (χ3n) is 4.66. The summed E-state index contributed by atoms with van der Waals surface area (Å²) < 4.78 is 31.5. The minimum atomic E-state index is -3.61. The van der Waals surface area contributed by atoms with Crippen molar-refractivity contribution >= 4 is 38.9 Å². The lowest BCUT2D eigenvalue weighted by atomic mass is 9.98. The van der Waals surface area contributed by atoms with Crippen LogP contribution in [0.25, 0.3) is 0 Å². The van der Waals surface area contributed by atoms with Gasteiger partial charge in [-0.3, -0.25) is 9.10 Å². The van der Waals surface area contributed by atoms with Gasteiger partial charge in [0.1, 0.15) is 5.75 Å². The van der Waals surface area contributed by atoms with Gasteiger partial charge in [-0.15, -0.1) is 0 Å². The highest BCUT2D eigenvalue weighted by Gasteiger charge is 2.35. The van der Waals surface area contributed by atoms with Crippen LogP contribution in [0, 0.1) is 6.92 Å². The van der Waals surface area contributed by atoms with Gasteiger partial charge in [0.25, 0.3) is 5.91 Å². The van der Waals surface area contributed by atoms with Gasteiger partial charge in [-0.05, 0) is 42.2 Å². The Bertz CT molecular complexity index is 1020. The number of carbonyl (C=O) groups is 1. The number of para-hydroxylation sites is 1. The van der Waals surface area contributed by atoms with Gasteiger partial charge in [-0.1, -0.05) is 43.6 Å². The molecule has 0 aliphatic carbocycles. The standard InChI is InChI=1S/C20H23ClN2O4S/c1-12(2)15-7-5-6-13(3)19(15)22-20(24)18-11-23(28(4,25)26)16-10-14(21)8-9-17(16)27-18/h5-10,12,18H,11H2,1-4H3,(H,22,24)/t18-/m0/s1. The summed E-state index contributed by atoms with van der Waals surface area (Å²) in [4.78, 5) is 13.0. The minimum Gasteiger partial charge on any atom is -0.476 e. The van der Waals surface area contributed by atoms with Crippen molar-refractivity contribution < 1.29 is 17.9 Å². The monoisotopic (exact) mass is 422 g/mol. The summed E-state index contributed by atoms with van der Waals surface area (Å²) in [5.41, 5.74) is 3.01. The second-order valence-electron chi connectivity index (χ2n) is 7.20. The predicted molar refractivity (Wildman–Crippen MR) is 112 cm³/mol. The maximum Gasteiger partial charge on any atom is 0.267 e. The zero-order valence-corrected chi connectivity index (χ0v) is 17.8. The van der Waals surface area contributed by atoms with E-state index in [9.17, 15) is 13.2 Å². The van der Waals surface area contributed by atoms with Crippen LogP contribution in [0.15, 0.2) is 36.4 Å². The summed E-state index contributed by atoms with van der Waals surface area (Å²) in [6, 6.07) is 10.5. The number of amides is 1. The van der Waals surface area contributed by atoms with Crippen molar-refractivity contribution in [3.05, 3.63) is 52.5 Å². The summed E-state index contributed by atoms with van der Waals surface area (Å²) >= 11 is 6.01. The molecule has 1 aliphatic rings. The van der Waals surface area contributed by atoms with Crippen LogP contribution in [0.4, 0.5) is 11.4 Å². The Hall–Kier alpha value is -2.25. The van der Waals surface area contributed by atoms with Crippen LogP contribution in [-0.4, -0.2) is 33.2 Å². The first-order valence-electron chi connectivity index (χ1n) is 8.92. The Labute approximate surface area is 170 Å². The molecule has 0 fully saturated rings. The molecule has 2 aromatic carbocycles. The van der Waals surface area contributed by atoms with E-state index in [-0.39, 0.29) is 12.5 Å². The number of sulfonamides is 1. The van der Waals surface area contributed by atoms with Crippen LogP contribution < -0.4 is 14.4 Å². The van der Waals surface area contributed by atoms with Crippen molar-refractivity contribution in [2.24, 2.45) is 0 Å². The molecule has 1 aliphatic heterocycles. The van der Waals surface area contributed by atoms with E-state index in [0.717, 1.165) is 27.4 Å². The number of nitrogens with zero attached hydrogens (tertiary/aromatic N) is 1. The molecule has 0 aromatic heterocycles. The lowest BCUT2D eigenvalue weighted by molar-refractivity contribution is -0.122. The lowest BCUT2D eigenvalue weighted by Crippen LogP contribution is -2.48. The number of ether oxygens (including phenoxy) is 1. The molecule has 0 saturated carbocycles. The van der Waals surface area contributed by atoms with Gasteiger partial charge >= 0.3 is 0 Å². The summed E-state index contributed by atoms with van der Waals surface area (Å²) in [6.07, 6.45) is 0.110. The van der Waals surface area contributed by atoms with Crippen LogP contribution in [-0.2, 0) is 14.8 Å². The molecule has 0 unspecified atom stereocenters. The number of nitrogens with one attached hydrogen (secondary N) is 1. The first kappa shape index (κ1) is 20.5. The van der Waals surface area contributed by atoms with Gasteiger partial charge in [0.15, 0.2) is 6.10 Å². The number of benzene rings is 2. The second kappa shape index (κ2) is 7.64. The smallest absolute Gasteiger partial charge is 0.267 e. The molecule has 0 spiro atoms. The molecule has 6 nitrogen and oxygen atoms in total. The number of rotatable bonds is 4. The fraction of sp³-hybridized carbons (Fsp3) is 0.350. The number of carbonyl (C=O) groups excluding carboxylic acids is 1. The highest BCUT2D eigenvalue weighted by atomic mass is 35.5. The average Bonchev–Trinajstić information content (AvgIpc) is 2.61. The van der Waals surface area contributed by atoms with Gasteiger partial charge in [0, 0.05) is 10.7 Å².